The first-order valence-electron chi connectivity index (χ1n) is 5.66. The normalized spacial score (nSPS) is 11.7. The molecule has 1 aromatic heterocycles. The predicted octanol–water partition coefficient (Wildman–Crippen LogP) is 3.65. The van der Waals surface area contributed by atoms with E-state index >= 15 is 0 Å². The number of nitriles is 1. The Morgan fingerprint density at radius 1 is 1.60 bits per heavy atom. The van der Waals surface area contributed by atoms with Crippen molar-refractivity contribution in [3.63, 3.8) is 0 Å². The Hall–Kier alpha value is -1.91. The minimum atomic E-state index is -1.04. The Labute approximate surface area is 128 Å². The van der Waals surface area contributed by atoms with Gasteiger partial charge in [0, 0.05) is 9.85 Å². The van der Waals surface area contributed by atoms with Gasteiger partial charge < -0.3 is 10.4 Å². The van der Waals surface area contributed by atoms with Crippen molar-refractivity contribution in [2.24, 2.45) is 0 Å². The SMILES string of the molecule is CC(Nc1ccc(Br)cc1C#N)c1nc(C(=O)O)cs1. The lowest BCUT2D eigenvalue weighted by molar-refractivity contribution is 0.0691. The van der Waals surface area contributed by atoms with Crippen molar-refractivity contribution < 1.29 is 9.90 Å². The van der Waals surface area contributed by atoms with E-state index < -0.39 is 5.97 Å². The van der Waals surface area contributed by atoms with Crippen LogP contribution in [0, 0.1) is 11.3 Å². The molecule has 0 aliphatic rings. The maximum absolute atomic E-state index is 10.8. The molecule has 1 aromatic carbocycles. The standard InChI is InChI=1S/C13H10BrN3O2S/c1-7(12-17-11(6-20-12)13(18)19)16-10-3-2-9(14)4-8(10)5-15/h2-4,6-7,16H,1H3,(H,18,19). The van der Waals surface area contributed by atoms with Crippen LogP contribution in [-0.4, -0.2) is 16.1 Å². The zero-order valence-electron chi connectivity index (χ0n) is 10.4. The van der Waals surface area contributed by atoms with Gasteiger partial charge in [0.05, 0.1) is 17.3 Å². The van der Waals surface area contributed by atoms with E-state index in [1.54, 1.807) is 12.1 Å². The Kier molecular flexibility index (Phi) is 4.37. The highest BCUT2D eigenvalue weighted by Crippen LogP contribution is 2.26. The van der Waals surface area contributed by atoms with Crippen LogP contribution >= 0.6 is 27.3 Å². The molecule has 2 aromatic rings. The summed E-state index contributed by atoms with van der Waals surface area (Å²) in [5.74, 6) is -1.04. The third-order valence-corrected chi connectivity index (χ3v) is 4.11. The number of hydrogen-bond acceptors (Lipinski definition) is 5. The van der Waals surface area contributed by atoms with Crippen molar-refractivity contribution in [1.82, 2.24) is 4.98 Å². The van der Waals surface area contributed by atoms with Crippen LogP contribution in [0.15, 0.2) is 28.1 Å². The van der Waals surface area contributed by atoms with Crippen LogP contribution < -0.4 is 5.32 Å². The van der Waals surface area contributed by atoms with Gasteiger partial charge >= 0.3 is 5.97 Å². The average Bonchev–Trinajstić information content (AvgIpc) is 2.90. The summed E-state index contributed by atoms with van der Waals surface area (Å²) in [6, 6.07) is 7.29. The summed E-state index contributed by atoms with van der Waals surface area (Å²) >= 11 is 4.59. The molecule has 0 spiro atoms. The Morgan fingerprint density at radius 2 is 2.35 bits per heavy atom. The van der Waals surface area contributed by atoms with E-state index in [9.17, 15) is 4.79 Å². The van der Waals surface area contributed by atoms with E-state index in [1.807, 2.05) is 13.0 Å². The van der Waals surface area contributed by atoms with Crippen molar-refractivity contribution in [3.8, 4) is 6.07 Å². The van der Waals surface area contributed by atoms with E-state index in [-0.39, 0.29) is 11.7 Å². The van der Waals surface area contributed by atoms with Crippen molar-refractivity contribution in [2.75, 3.05) is 5.32 Å². The Bertz CT molecular complexity index is 693. The zero-order valence-corrected chi connectivity index (χ0v) is 12.8. The predicted molar refractivity (Wildman–Crippen MR) is 80.0 cm³/mol. The molecular weight excluding hydrogens is 342 g/mol. The van der Waals surface area contributed by atoms with Gasteiger partial charge in [-0.25, -0.2) is 9.78 Å². The van der Waals surface area contributed by atoms with Gasteiger partial charge in [0.15, 0.2) is 5.69 Å². The number of rotatable bonds is 4. The summed E-state index contributed by atoms with van der Waals surface area (Å²) in [7, 11) is 0. The van der Waals surface area contributed by atoms with Gasteiger partial charge in [-0.1, -0.05) is 15.9 Å². The van der Waals surface area contributed by atoms with Crippen LogP contribution in [0.5, 0.6) is 0 Å². The number of aromatic nitrogens is 1. The van der Waals surface area contributed by atoms with E-state index in [0.717, 1.165) is 4.47 Å². The highest BCUT2D eigenvalue weighted by atomic mass is 79.9. The third-order valence-electron chi connectivity index (χ3n) is 2.59. The molecule has 7 heteroatoms. The average molecular weight is 352 g/mol. The molecule has 0 bridgehead atoms. The van der Waals surface area contributed by atoms with Crippen molar-refractivity contribution >= 4 is 38.9 Å². The molecule has 0 fully saturated rings. The van der Waals surface area contributed by atoms with Crippen LogP contribution in [0.3, 0.4) is 0 Å². The first-order chi connectivity index (χ1) is 9.51. The molecule has 0 radical (unpaired) electrons. The summed E-state index contributed by atoms with van der Waals surface area (Å²) < 4.78 is 0.828. The lowest BCUT2D eigenvalue weighted by Gasteiger charge is -2.14. The van der Waals surface area contributed by atoms with Crippen LogP contribution in [0.25, 0.3) is 0 Å². The molecule has 1 heterocycles. The number of nitrogens with one attached hydrogen (secondary N) is 1. The summed E-state index contributed by atoms with van der Waals surface area (Å²) in [6.07, 6.45) is 0. The van der Waals surface area contributed by atoms with Gasteiger partial charge in [-0.2, -0.15) is 5.26 Å². The molecule has 0 saturated heterocycles. The second-order valence-corrected chi connectivity index (χ2v) is 5.85. The smallest absolute Gasteiger partial charge is 0.355 e. The highest BCUT2D eigenvalue weighted by molar-refractivity contribution is 9.10. The number of anilines is 1. The third kappa shape index (κ3) is 3.15. The number of halogens is 1. The quantitative estimate of drug-likeness (QED) is 0.877. The van der Waals surface area contributed by atoms with Crippen LogP contribution in [0.1, 0.15) is 34.0 Å². The molecule has 2 rings (SSSR count). The molecule has 1 atom stereocenters. The number of thiazole rings is 1. The fourth-order valence-electron chi connectivity index (χ4n) is 1.61. The van der Waals surface area contributed by atoms with Gasteiger partial charge in [0.2, 0.25) is 0 Å². The van der Waals surface area contributed by atoms with Crippen LogP contribution in [0.2, 0.25) is 0 Å². The minimum absolute atomic E-state index is 0.0370. The first kappa shape index (κ1) is 14.5. The topological polar surface area (TPSA) is 86.0 Å². The van der Waals surface area contributed by atoms with Crippen molar-refractivity contribution in [3.05, 3.63) is 44.3 Å². The highest BCUT2D eigenvalue weighted by Gasteiger charge is 2.15. The molecule has 5 nitrogen and oxygen atoms in total. The molecule has 20 heavy (non-hydrogen) atoms. The maximum Gasteiger partial charge on any atom is 0.355 e. The number of carbonyl (C=O) groups is 1. The Morgan fingerprint density at radius 3 is 2.95 bits per heavy atom. The van der Waals surface area contributed by atoms with Crippen molar-refractivity contribution in [2.45, 2.75) is 13.0 Å². The van der Waals surface area contributed by atoms with Gasteiger partial charge in [0.1, 0.15) is 11.1 Å². The largest absolute Gasteiger partial charge is 0.476 e. The van der Waals surface area contributed by atoms with Gasteiger partial charge in [-0.05, 0) is 25.1 Å². The molecule has 0 aliphatic carbocycles. The van der Waals surface area contributed by atoms with Crippen molar-refractivity contribution in [1.29, 1.82) is 5.26 Å². The zero-order chi connectivity index (χ0) is 14.7. The molecule has 102 valence electrons. The molecule has 2 N–H and O–H groups in total. The number of benzene rings is 1. The lowest BCUT2D eigenvalue weighted by atomic mass is 10.2. The van der Waals surface area contributed by atoms with Crippen LogP contribution in [0.4, 0.5) is 5.69 Å². The van der Waals surface area contributed by atoms with Gasteiger partial charge in [-0.15, -0.1) is 11.3 Å². The minimum Gasteiger partial charge on any atom is -0.476 e. The number of carboxylic acid groups (broad SMARTS) is 1. The number of carboxylic acids is 1. The van der Waals surface area contributed by atoms with Crippen LogP contribution in [-0.2, 0) is 0 Å². The number of hydrogen-bond donors (Lipinski definition) is 2. The molecule has 0 amide bonds. The summed E-state index contributed by atoms with van der Waals surface area (Å²) in [4.78, 5) is 14.9. The summed E-state index contributed by atoms with van der Waals surface area (Å²) in [5.41, 5.74) is 1.24. The second kappa shape index (κ2) is 6.03. The lowest BCUT2D eigenvalue weighted by Crippen LogP contribution is -2.08. The summed E-state index contributed by atoms with van der Waals surface area (Å²) in [6.45, 7) is 1.87. The monoisotopic (exact) mass is 351 g/mol. The van der Waals surface area contributed by atoms with Gasteiger partial charge in [0.25, 0.3) is 0 Å². The summed E-state index contributed by atoms with van der Waals surface area (Å²) in [5, 5.41) is 23.3. The first-order valence-corrected chi connectivity index (χ1v) is 7.33. The fraction of sp³-hybridized carbons (Fsp3) is 0.154. The van der Waals surface area contributed by atoms with Gasteiger partial charge in [-0.3, -0.25) is 0 Å². The van der Waals surface area contributed by atoms with E-state index in [0.29, 0.717) is 16.3 Å². The van der Waals surface area contributed by atoms with E-state index in [2.05, 4.69) is 32.3 Å². The fourth-order valence-corrected chi connectivity index (χ4v) is 2.78. The Balaban J connectivity index is 2.21. The van der Waals surface area contributed by atoms with E-state index in [4.69, 9.17) is 10.4 Å². The molecule has 0 saturated carbocycles. The maximum atomic E-state index is 10.8. The molecule has 0 aliphatic heterocycles. The second-order valence-electron chi connectivity index (χ2n) is 4.04. The number of nitrogens with zero attached hydrogens (tertiary/aromatic N) is 2. The molecular formula is C13H10BrN3O2S. The molecule has 1 unspecified atom stereocenters. The number of aromatic carboxylic acids is 1. The van der Waals surface area contributed by atoms with E-state index in [1.165, 1.54) is 16.7 Å².